The molecule has 1 amide bonds. The molecule has 0 saturated carbocycles. The van der Waals surface area contributed by atoms with Gasteiger partial charge in [0.15, 0.2) is 11.4 Å². The predicted octanol–water partition coefficient (Wildman–Crippen LogP) is 3.72. The van der Waals surface area contributed by atoms with Gasteiger partial charge in [-0.25, -0.2) is 0 Å². The Morgan fingerprint density at radius 1 is 0.906 bits per heavy atom. The number of esters is 1. The summed E-state index contributed by atoms with van der Waals surface area (Å²) in [5.41, 5.74) is 1.05. The van der Waals surface area contributed by atoms with Crippen molar-refractivity contribution in [3.05, 3.63) is 90.0 Å². The summed E-state index contributed by atoms with van der Waals surface area (Å²) < 4.78 is 4.95. The first kappa shape index (κ1) is 21.5. The maximum Gasteiger partial charge on any atom is 0.326 e. The summed E-state index contributed by atoms with van der Waals surface area (Å²) >= 11 is 0. The summed E-state index contributed by atoms with van der Waals surface area (Å²) in [5.74, 6) is -1.66. The number of benzene rings is 3. The standard InChI is InChI=1S/C26H23NO5/c1-2-32-24(29)17-27-22-11-7-6-10-21(22)26(31,25(27)30)16-23(28)20-14-12-19(13-15-20)18-8-4-3-5-9-18/h3-15,31H,2,16-17H2,1H3. The van der Waals surface area contributed by atoms with Gasteiger partial charge in [0.05, 0.1) is 18.7 Å². The van der Waals surface area contributed by atoms with Crippen LogP contribution in [-0.2, 0) is 19.9 Å². The first-order valence-electron chi connectivity index (χ1n) is 10.4. The first-order chi connectivity index (χ1) is 15.4. The molecule has 1 N–H and O–H groups in total. The number of carbonyl (C=O) groups is 3. The van der Waals surface area contributed by atoms with Crippen LogP contribution < -0.4 is 4.90 Å². The van der Waals surface area contributed by atoms with Crippen molar-refractivity contribution in [3.63, 3.8) is 0 Å². The summed E-state index contributed by atoms with van der Waals surface area (Å²) in [5, 5.41) is 11.3. The van der Waals surface area contributed by atoms with Crippen molar-refractivity contribution >= 4 is 23.3 Å². The van der Waals surface area contributed by atoms with Gasteiger partial charge in [0, 0.05) is 11.1 Å². The first-order valence-corrected chi connectivity index (χ1v) is 10.4. The summed E-state index contributed by atoms with van der Waals surface area (Å²) in [6, 6.07) is 23.5. The van der Waals surface area contributed by atoms with E-state index in [1.165, 1.54) is 4.90 Å². The van der Waals surface area contributed by atoms with E-state index in [1.807, 2.05) is 42.5 Å². The minimum atomic E-state index is -2.04. The Morgan fingerprint density at radius 2 is 1.53 bits per heavy atom. The summed E-state index contributed by atoms with van der Waals surface area (Å²) in [6.45, 7) is 1.53. The van der Waals surface area contributed by atoms with Crippen LogP contribution in [0, 0.1) is 0 Å². The highest BCUT2D eigenvalue weighted by atomic mass is 16.5. The molecule has 1 atom stereocenters. The van der Waals surface area contributed by atoms with Crippen LogP contribution >= 0.6 is 0 Å². The number of hydrogen-bond donors (Lipinski definition) is 1. The molecule has 0 aliphatic carbocycles. The lowest BCUT2D eigenvalue weighted by molar-refractivity contribution is -0.144. The molecule has 1 aliphatic rings. The van der Waals surface area contributed by atoms with Crippen LogP contribution in [0.3, 0.4) is 0 Å². The fourth-order valence-electron chi connectivity index (χ4n) is 3.98. The number of carbonyl (C=O) groups excluding carboxylic acids is 3. The number of nitrogens with zero attached hydrogens (tertiary/aromatic N) is 1. The number of amides is 1. The van der Waals surface area contributed by atoms with Crippen molar-refractivity contribution in [2.45, 2.75) is 18.9 Å². The SMILES string of the molecule is CCOC(=O)CN1C(=O)C(O)(CC(=O)c2ccc(-c3ccccc3)cc2)c2ccccc21. The Hall–Kier alpha value is -3.77. The van der Waals surface area contributed by atoms with Crippen LogP contribution in [0.4, 0.5) is 5.69 Å². The molecular weight excluding hydrogens is 406 g/mol. The van der Waals surface area contributed by atoms with Crippen molar-refractivity contribution in [1.82, 2.24) is 0 Å². The van der Waals surface area contributed by atoms with E-state index in [-0.39, 0.29) is 18.9 Å². The normalized spacial score (nSPS) is 17.2. The van der Waals surface area contributed by atoms with Crippen molar-refractivity contribution in [2.24, 2.45) is 0 Å². The van der Waals surface area contributed by atoms with Crippen LogP contribution in [0.5, 0.6) is 0 Å². The van der Waals surface area contributed by atoms with Crippen LogP contribution in [0.1, 0.15) is 29.3 Å². The maximum atomic E-state index is 13.1. The highest BCUT2D eigenvalue weighted by Crippen LogP contribution is 2.42. The number of Topliss-reactive ketones (excluding diaryl/α,β-unsaturated/α-hetero) is 1. The second-order valence-corrected chi connectivity index (χ2v) is 7.62. The molecule has 1 unspecified atom stereocenters. The number of ketones is 1. The lowest BCUT2D eigenvalue weighted by atomic mass is 9.88. The van der Waals surface area contributed by atoms with Crippen molar-refractivity contribution < 1.29 is 24.2 Å². The fourth-order valence-corrected chi connectivity index (χ4v) is 3.98. The molecule has 3 aromatic carbocycles. The minimum absolute atomic E-state index is 0.185. The zero-order chi connectivity index (χ0) is 22.7. The smallest absolute Gasteiger partial charge is 0.326 e. The summed E-state index contributed by atoms with van der Waals surface area (Å²) in [6.07, 6.45) is -0.424. The van der Waals surface area contributed by atoms with E-state index in [4.69, 9.17) is 4.74 Å². The molecule has 6 heteroatoms. The van der Waals surface area contributed by atoms with Crippen molar-refractivity contribution in [1.29, 1.82) is 0 Å². The maximum absolute atomic E-state index is 13.1. The van der Waals surface area contributed by atoms with Gasteiger partial charge in [0.1, 0.15) is 6.54 Å². The van der Waals surface area contributed by atoms with E-state index < -0.39 is 23.9 Å². The molecule has 32 heavy (non-hydrogen) atoms. The number of para-hydroxylation sites is 1. The summed E-state index contributed by atoms with van der Waals surface area (Å²) in [4.78, 5) is 39.3. The minimum Gasteiger partial charge on any atom is -0.465 e. The molecule has 162 valence electrons. The molecule has 0 spiro atoms. The zero-order valence-corrected chi connectivity index (χ0v) is 17.7. The number of anilines is 1. The molecular formula is C26H23NO5. The largest absolute Gasteiger partial charge is 0.465 e. The highest BCUT2D eigenvalue weighted by molar-refractivity contribution is 6.12. The van der Waals surface area contributed by atoms with Crippen molar-refractivity contribution in [2.75, 3.05) is 18.1 Å². The number of fused-ring (bicyclic) bond motifs is 1. The van der Waals surface area contributed by atoms with Crippen LogP contribution in [0.15, 0.2) is 78.9 Å². The third-order valence-electron chi connectivity index (χ3n) is 5.56. The molecule has 4 rings (SSSR count). The van der Waals surface area contributed by atoms with Gasteiger partial charge in [-0.2, -0.15) is 0 Å². The number of aliphatic hydroxyl groups is 1. The molecule has 0 aromatic heterocycles. The Bertz CT molecular complexity index is 1160. The van der Waals surface area contributed by atoms with Crippen LogP contribution in [-0.4, -0.2) is 35.9 Å². The third kappa shape index (κ3) is 3.92. The molecule has 1 heterocycles. The quantitative estimate of drug-likeness (QED) is 0.457. The van der Waals surface area contributed by atoms with Gasteiger partial charge < -0.3 is 9.84 Å². The topological polar surface area (TPSA) is 83.9 Å². The van der Waals surface area contributed by atoms with E-state index in [0.29, 0.717) is 16.8 Å². The zero-order valence-electron chi connectivity index (χ0n) is 17.7. The van der Waals surface area contributed by atoms with E-state index >= 15 is 0 Å². The van der Waals surface area contributed by atoms with E-state index in [0.717, 1.165) is 11.1 Å². The van der Waals surface area contributed by atoms with Crippen LogP contribution in [0.2, 0.25) is 0 Å². The molecule has 0 saturated heterocycles. The average Bonchev–Trinajstić information content (AvgIpc) is 3.02. The van der Waals surface area contributed by atoms with E-state index in [2.05, 4.69) is 0 Å². The Morgan fingerprint density at radius 3 is 2.22 bits per heavy atom. The fraction of sp³-hybridized carbons (Fsp3) is 0.192. The molecule has 3 aromatic rings. The molecule has 0 radical (unpaired) electrons. The number of ether oxygens (including phenoxy) is 1. The van der Waals surface area contributed by atoms with E-state index in [9.17, 15) is 19.5 Å². The van der Waals surface area contributed by atoms with Gasteiger partial charge in [0.25, 0.3) is 5.91 Å². The second-order valence-electron chi connectivity index (χ2n) is 7.62. The van der Waals surface area contributed by atoms with Gasteiger partial charge in [-0.1, -0.05) is 72.8 Å². The molecule has 6 nitrogen and oxygen atoms in total. The van der Waals surface area contributed by atoms with Gasteiger partial charge in [-0.05, 0) is 24.1 Å². The van der Waals surface area contributed by atoms with E-state index in [1.54, 1.807) is 43.3 Å². The Kier molecular flexibility index (Phi) is 5.88. The average molecular weight is 429 g/mol. The van der Waals surface area contributed by atoms with Gasteiger partial charge in [-0.15, -0.1) is 0 Å². The van der Waals surface area contributed by atoms with Crippen molar-refractivity contribution in [3.8, 4) is 11.1 Å². The highest BCUT2D eigenvalue weighted by Gasteiger charge is 2.51. The molecule has 0 bridgehead atoms. The number of hydrogen-bond acceptors (Lipinski definition) is 5. The molecule has 0 fully saturated rings. The summed E-state index contributed by atoms with van der Waals surface area (Å²) in [7, 11) is 0. The lowest BCUT2D eigenvalue weighted by Gasteiger charge is -2.22. The Balaban J connectivity index is 1.58. The van der Waals surface area contributed by atoms with Gasteiger partial charge in [0.2, 0.25) is 0 Å². The van der Waals surface area contributed by atoms with Crippen LogP contribution in [0.25, 0.3) is 11.1 Å². The van der Waals surface area contributed by atoms with Gasteiger partial charge in [-0.3, -0.25) is 19.3 Å². The van der Waals surface area contributed by atoms with Gasteiger partial charge >= 0.3 is 5.97 Å². The number of rotatable bonds is 7. The Labute approximate surface area is 186 Å². The molecule has 1 aliphatic heterocycles. The second kappa shape index (κ2) is 8.77. The monoisotopic (exact) mass is 429 g/mol. The third-order valence-corrected chi connectivity index (χ3v) is 5.56. The predicted molar refractivity (Wildman–Crippen MR) is 120 cm³/mol. The lowest BCUT2D eigenvalue weighted by Crippen LogP contribution is -2.44.